The molecular weight excluding hydrogens is 248 g/mol. The molecule has 0 aliphatic rings. The zero-order chi connectivity index (χ0) is 13.2. The summed E-state index contributed by atoms with van der Waals surface area (Å²) in [7, 11) is -3.51. The summed E-state index contributed by atoms with van der Waals surface area (Å²) in [6.45, 7) is 0. The number of pyridine rings is 1. The van der Waals surface area contributed by atoms with Gasteiger partial charge in [-0.15, -0.1) is 0 Å². The van der Waals surface area contributed by atoms with E-state index in [9.17, 15) is 8.42 Å². The molecule has 1 aromatic heterocycles. The minimum atomic E-state index is -3.51. The van der Waals surface area contributed by atoms with Crippen LogP contribution < -0.4 is 0 Å². The molecular formula is C13H10N2O2S. The van der Waals surface area contributed by atoms with Crippen LogP contribution in [0.1, 0.15) is 5.69 Å². The summed E-state index contributed by atoms with van der Waals surface area (Å²) in [5, 5.41) is 8.98. The fourth-order valence-corrected chi connectivity index (χ4v) is 2.78. The maximum absolute atomic E-state index is 11.8. The number of nitriles is 1. The molecule has 0 bridgehead atoms. The van der Waals surface area contributed by atoms with E-state index in [1.54, 1.807) is 18.2 Å². The standard InChI is InChI=1S/C13H10N2O2S/c1-18(16,17)13-11(7-8-15-12(13)9-14)10-5-3-2-4-6-10/h2-8H,1H3. The van der Waals surface area contributed by atoms with E-state index >= 15 is 0 Å². The number of aromatic nitrogens is 1. The molecule has 0 spiro atoms. The molecule has 0 unspecified atom stereocenters. The highest BCUT2D eigenvalue weighted by Crippen LogP contribution is 2.28. The minimum absolute atomic E-state index is 0.0151. The van der Waals surface area contributed by atoms with Crippen LogP contribution in [0.3, 0.4) is 0 Å². The first-order chi connectivity index (χ1) is 8.54. The molecule has 0 aliphatic carbocycles. The number of hydrogen-bond donors (Lipinski definition) is 0. The highest BCUT2D eigenvalue weighted by atomic mass is 32.2. The largest absolute Gasteiger partial charge is 0.244 e. The average molecular weight is 258 g/mol. The zero-order valence-corrected chi connectivity index (χ0v) is 10.5. The molecule has 0 aliphatic heterocycles. The van der Waals surface area contributed by atoms with Gasteiger partial charge < -0.3 is 0 Å². The quantitative estimate of drug-likeness (QED) is 0.826. The maximum atomic E-state index is 11.8. The van der Waals surface area contributed by atoms with Crippen molar-refractivity contribution in [3.8, 4) is 17.2 Å². The monoisotopic (exact) mass is 258 g/mol. The van der Waals surface area contributed by atoms with E-state index in [0.29, 0.717) is 5.56 Å². The lowest BCUT2D eigenvalue weighted by Crippen LogP contribution is -2.05. The number of benzene rings is 1. The zero-order valence-electron chi connectivity index (χ0n) is 9.66. The molecule has 2 aromatic rings. The predicted molar refractivity (Wildman–Crippen MR) is 67.5 cm³/mol. The molecule has 4 nitrogen and oxygen atoms in total. The first-order valence-corrected chi connectivity index (χ1v) is 7.08. The summed E-state index contributed by atoms with van der Waals surface area (Å²) >= 11 is 0. The SMILES string of the molecule is CS(=O)(=O)c1c(-c2ccccc2)ccnc1C#N. The lowest BCUT2D eigenvalue weighted by molar-refractivity contribution is 0.601. The molecule has 18 heavy (non-hydrogen) atoms. The second-order valence-electron chi connectivity index (χ2n) is 3.79. The number of nitrogens with zero attached hydrogens (tertiary/aromatic N) is 2. The summed E-state index contributed by atoms with van der Waals surface area (Å²) < 4.78 is 23.6. The Balaban J connectivity index is 2.82. The van der Waals surface area contributed by atoms with Gasteiger partial charge >= 0.3 is 0 Å². The van der Waals surface area contributed by atoms with E-state index in [1.165, 1.54) is 6.20 Å². The summed E-state index contributed by atoms with van der Waals surface area (Å²) in [5.74, 6) is 0. The van der Waals surface area contributed by atoms with Crippen molar-refractivity contribution in [1.82, 2.24) is 4.98 Å². The first-order valence-electron chi connectivity index (χ1n) is 5.18. The van der Waals surface area contributed by atoms with Gasteiger partial charge in [0.2, 0.25) is 0 Å². The first kappa shape index (κ1) is 12.3. The van der Waals surface area contributed by atoms with E-state index in [1.807, 2.05) is 24.3 Å². The van der Waals surface area contributed by atoms with Gasteiger partial charge in [-0.3, -0.25) is 0 Å². The molecule has 5 heteroatoms. The Morgan fingerprint density at radius 2 is 1.83 bits per heavy atom. The summed E-state index contributed by atoms with van der Waals surface area (Å²) in [6, 6.07) is 12.5. The molecule has 1 aromatic carbocycles. The van der Waals surface area contributed by atoms with Gasteiger partial charge in [-0.1, -0.05) is 30.3 Å². The molecule has 2 rings (SSSR count). The van der Waals surface area contributed by atoms with E-state index < -0.39 is 9.84 Å². The third kappa shape index (κ3) is 2.24. The molecule has 90 valence electrons. The van der Waals surface area contributed by atoms with Crippen LogP contribution in [0.2, 0.25) is 0 Å². The van der Waals surface area contributed by atoms with E-state index in [2.05, 4.69) is 4.98 Å². The van der Waals surface area contributed by atoms with Crippen LogP contribution in [-0.4, -0.2) is 19.7 Å². The molecule has 0 radical (unpaired) electrons. The van der Waals surface area contributed by atoms with E-state index in [4.69, 9.17) is 5.26 Å². The van der Waals surface area contributed by atoms with Gasteiger partial charge in [0.15, 0.2) is 15.5 Å². The molecule has 0 saturated heterocycles. The van der Waals surface area contributed by atoms with Crippen molar-refractivity contribution >= 4 is 9.84 Å². The molecule has 0 fully saturated rings. The van der Waals surface area contributed by atoms with Crippen LogP contribution in [0.4, 0.5) is 0 Å². The topological polar surface area (TPSA) is 70.8 Å². The third-order valence-electron chi connectivity index (χ3n) is 2.47. The minimum Gasteiger partial charge on any atom is -0.244 e. The van der Waals surface area contributed by atoms with Crippen molar-refractivity contribution in [2.75, 3.05) is 6.26 Å². The summed E-state index contributed by atoms with van der Waals surface area (Å²) in [6.07, 6.45) is 2.52. The van der Waals surface area contributed by atoms with Crippen LogP contribution in [0.5, 0.6) is 0 Å². The van der Waals surface area contributed by atoms with Crippen molar-refractivity contribution in [2.45, 2.75) is 4.90 Å². The average Bonchev–Trinajstić information content (AvgIpc) is 2.38. The number of rotatable bonds is 2. The predicted octanol–water partition coefficient (Wildman–Crippen LogP) is 2.02. The highest BCUT2D eigenvalue weighted by Gasteiger charge is 2.20. The van der Waals surface area contributed by atoms with Crippen molar-refractivity contribution in [3.05, 3.63) is 48.3 Å². The van der Waals surface area contributed by atoms with Crippen LogP contribution in [0.15, 0.2) is 47.5 Å². The lowest BCUT2D eigenvalue weighted by atomic mass is 10.1. The van der Waals surface area contributed by atoms with Gasteiger partial charge in [0, 0.05) is 18.0 Å². The van der Waals surface area contributed by atoms with Gasteiger partial charge in [-0.05, 0) is 11.6 Å². The van der Waals surface area contributed by atoms with Gasteiger partial charge in [0.05, 0.1) is 0 Å². The molecule has 0 amide bonds. The Hall–Kier alpha value is -2.19. The van der Waals surface area contributed by atoms with Crippen molar-refractivity contribution < 1.29 is 8.42 Å². The Kier molecular flexibility index (Phi) is 3.13. The Morgan fingerprint density at radius 1 is 1.17 bits per heavy atom. The van der Waals surface area contributed by atoms with Gasteiger partial charge in [-0.2, -0.15) is 5.26 Å². The smallest absolute Gasteiger partial charge is 0.179 e. The number of hydrogen-bond acceptors (Lipinski definition) is 4. The van der Waals surface area contributed by atoms with Crippen LogP contribution in [0.25, 0.3) is 11.1 Å². The van der Waals surface area contributed by atoms with Crippen LogP contribution in [-0.2, 0) is 9.84 Å². The van der Waals surface area contributed by atoms with E-state index in [-0.39, 0.29) is 10.6 Å². The number of sulfone groups is 1. The fourth-order valence-electron chi connectivity index (χ4n) is 1.75. The van der Waals surface area contributed by atoms with E-state index in [0.717, 1.165) is 11.8 Å². The highest BCUT2D eigenvalue weighted by molar-refractivity contribution is 7.91. The van der Waals surface area contributed by atoms with Gasteiger partial charge in [0.25, 0.3) is 0 Å². The fraction of sp³-hybridized carbons (Fsp3) is 0.0769. The Morgan fingerprint density at radius 3 is 2.39 bits per heavy atom. The van der Waals surface area contributed by atoms with Crippen molar-refractivity contribution in [3.63, 3.8) is 0 Å². The molecule has 0 atom stereocenters. The Bertz CT molecular complexity index is 716. The molecule has 0 saturated carbocycles. The van der Waals surface area contributed by atoms with Crippen molar-refractivity contribution in [2.24, 2.45) is 0 Å². The van der Waals surface area contributed by atoms with Gasteiger partial charge in [0.1, 0.15) is 11.0 Å². The third-order valence-corrected chi connectivity index (χ3v) is 3.62. The molecule has 0 N–H and O–H groups in total. The maximum Gasteiger partial charge on any atom is 0.179 e. The lowest BCUT2D eigenvalue weighted by Gasteiger charge is -2.08. The summed E-state index contributed by atoms with van der Waals surface area (Å²) in [4.78, 5) is 3.79. The van der Waals surface area contributed by atoms with Crippen LogP contribution >= 0.6 is 0 Å². The molecule has 1 heterocycles. The second-order valence-corrected chi connectivity index (χ2v) is 5.74. The Labute approximate surface area is 105 Å². The van der Waals surface area contributed by atoms with Gasteiger partial charge in [-0.25, -0.2) is 13.4 Å². The summed E-state index contributed by atoms with van der Waals surface area (Å²) in [5.41, 5.74) is 1.18. The second kappa shape index (κ2) is 4.59. The van der Waals surface area contributed by atoms with Crippen LogP contribution in [0, 0.1) is 11.3 Å². The van der Waals surface area contributed by atoms with Crippen molar-refractivity contribution in [1.29, 1.82) is 5.26 Å². The normalized spacial score (nSPS) is 10.9.